The molecule has 0 aromatic heterocycles. The average Bonchev–Trinajstić information content (AvgIpc) is 2.59. The highest BCUT2D eigenvalue weighted by Gasteiger charge is 2.53. The van der Waals surface area contributed by atoms with Crippen LogP contribution in [0.1, 0.15) is 24.4 Å². The summed E-state index contributed by atoms with van der Waals surface area (Å²) in [5.74, 6) is -2.20. The van der Waals surface area contributed by atoms with Crippen molar-refractivity contribution in [3.63, 3.8) is 0 Å². The molecular weight excluding hydrogens is 334 g/mol. The van der Waals surface area contributed by atoms with Crippen molar-refractivity contribution < 1.29 is 19.5 Å². The number of amides is 2. The van der Waals surface area contributed by atoms with Crippen molar-refractivity contribution in [1.82, 2.24) is 10.2 Å². The van der Waals surface area contributed by atoms with Crippen molar-refractivity contribution in [2.45, 2.75) is 31.0 Å². The second-order valence-corrected chi connectivity index (χ2v) is 6.20. The van der Waals surface area contributed by atoms with Gasteiger partial charge in [0.25, 0.3) is 5.91 Å². The quantitative estimate of drug-likeness (QED) is 0.693. The molecule has 8 heteroatoms. The van der Waals surface area contributed by atoms with Crippen molar-refractivity contribution in [3.05, 3.63) is 46.6 Å². The third-order valence-corrected chi connectivity index (χ3v) is 4.69. The second kappa shape index (κ2) is 6.26. The van der Waals surface area contributed by atoms with E-state index in [1.54, 1.807) is 24.3 Å². The summed E-state index contributed by atoms with van der Waals surface area (Å²) in [5, 5.41) is 12.0. The molecule has 1 aromatic carbocycles. The number of hydrogen-bond donors (Lipinski definition) is 3. The lowest BCUT2D eigenvalue weighted by atomic mass is 9.86. The number of nitrogens with two attached hydrogens (primary N) is 1. The summed E-state index contributed by atoms with van der Waals surface area (Å²) >= 11 is 5.92. The van der Waals surface area contributed by atoms with Crippen LogP contribution in [0.2, 0.25) is 0 Å². The molecule has 1 unspecified atom stereocenters. The van der Waals surface area contributed by atoms with E-state index in [9.17, 15) is 19.5 Å². The first-order valence-corrected chi connectivity index (χ1v) is 7.85. The molecule has 0 spiro atoms. The number of aliphatic carboxylic acids is 1. The summed E-state index contributed by atoms with van der Waals surface area (Å²) in [6, 6.07) is 6.74. The summed E-state index contributed by atoms with van der Waals surface area (Å²) in [6.07, 6.45) is 0.849. The molecule has 24 heavy (non-hydrogen) atoms. The fourth-order valence-corrected chi connectivity index (χ4v) is 3.35. The lowest BCUT2D eigenvalue weighted by molar-refractivity contribution is -0.156. The van der Waals surface area contributed by atoms with E-state index in [-0.39, 0.29) is 10.7 Å². The Morgan fingerprint density at radius 2 is 2.00 bits per heavy atom. The molecule has 2 amide bonds. The Hall–Kier alpha value is -2.38. The third-order valence-electron chi connectivity index (χ3n) is 4.32. The standard InChI is InChI=1S/C16H16ClN3O4/c17-9-6-7-10-12(15(22)20(10)13(9)16(23)24)19-14(21)11(18)8-4-2-1-3-5-8/h1-5,10-12H,6-7,18H2,(H,19,21)(H,23,24)/t10-,11?,12+/m1/s1. The van der Waals surface area contributed by atoms with Gasteiger partial charge in [-0.25, -0.2) is 4.79 Å². The van der Waals surface area contributed by atoms with Gasteiger partial charge >= 0.3 is 5.97 Å². The van der Waals surface area contributed by atoms with Crippen molar-refractivity contribution in [2.75, 3.05) is 0 Å². The van der Waals surface area contributed by atoms with E-state index in [0.717, 1.165) is 4.90 Å². The number of halogens is 1. The van der Waals surface area contributed by atoms with E-state index in [4.69, 9.17) is 17.3 Å². The molecule has 7 nitrogen and oxygen atoms in total. The molecule has 3 rings (SSSR count). The SMILES string of the molecule is NC(C(=O)N[C@@H]1C(=O)N2C(C(=O)O)=C(Cl)CC[C@H]12)c1ccccc1. The Morgan fingerprint density at radius 3 is 2.62 bits per heavy atom. The number of carbonyl (C=O) groups excluding carboxylic acids is 2. The number of benzene rings is 1. The highest BCUT2D eigenvalue weighted by atomic mass is 35.5. The molecule has 0 radical (unpaired) electrons. The van der Waals surface area contributed by atoms with Gasteiger partial charge in [-0.05, 0) is 18.4 Å². The number of rotatable bonds is 4. The second-order valence-electron chi connectivity index (χ2n) is 5.75. The smallest absolute Gasteiger partial charge is 0.353 e. The highest BCUT2D eigenvalue weighted by molar-refractivity contribution is 6.32. The van der Waals surface area contributed by atoms with Crippen LogP contribution >= 0.6 is 11.6 Å². The van der Waals surface area contributed by atoms with Crippen LogP contribution in [-0.4, -0.2) is 39.9 Å². The number of nitrogens with one attached hydrogen (secondary N) is 1. The summed E-state index contributed by atoms with van der Waals surface area (Å²) in [4.78, 5) is 37.0. The monoisotopic (exact) mass is 349 g/mol. The molecule has 1 aromatic rings. The van der Waals surface area contributed by atoms with Crippen LogP contribution in [0.15, 0.2) is 41.1 Å². The lowest BCUT2D eigenvalue weighted by Gasteiger charge is -2.49. The van der Waals surface area contributed by atoms with E-state index < -0.39 is 35.9 Å². The highest BCUT2D eigenvalue weighted by Crippen LogP contribution is 2.38. The van der Waals surface area contributed by atoms with Crippen LogP contribution in [0, 0.1) is 0 Å². The normalized spacial score (nSPS) is 24.1. The molecule has 3 atom stereocenters. The minimum atomic E-state index is -1.25. The van der Waals surface area contributed by atoms with Gasteiger partial charge in [0, 0.05) is 5.03 Å². The minimum Gasteiger partial charge on any atom is -0.477 e. The topological polar surface area (TPSA) is 113 Å². The summed E-state index contributed by atoms with van der Waals surface area (Å²) in [7, 11) is 0. The van der Waals surface area contributed by atoms with Gasteiger partial charge in [0.2, 0.25) is 5.91 Å². The first-order valence-electron chi connectivity index (χ1n) is 7.47. The molecule has 2 heterocycles. The van der Waals surface area contributed by atoms with Crippen molar-refractivity contribution >= 4 is 29.4 Å². The fraction of sp³-hybridized carbons (Fsp3) is 0.312. The van der Waals surface area contributed by atoms with Gasteiger partial charge in [-0.15, -0.1) is 0 Å². The number of hydrogen-bond acceptors (Lipinski definition) is 4. The Balaban J connectivity index is 1.71. The lowest BCUT2D eigenvalue weighted by Crippen LogP contribution is -2.72. The van der Waals surface area contributed by atoms with Crippen molar-refractivity contribution in [1.29, 1.82) is 0 Å². The number of fused-ring (bicyclic) bond motifs is 1. The van der Waals surface area contributed by atoms with Gasteiger partial charge < -0.3 is 16.2 Å². The van der Waals surface area contributed by atoms with Gasteiger partial charge in [0.05, 0.1) is 6.04 Å². The molecule has 0 saturated carbocycles. The van der Waals surface area contributed by atoms with Crippen LogP contribution in [0.25, 0.3) is 0 Å². The maximum absolute atomic E-state index is 12.3. The number of carboxylic acid groups (broad SMARTS) is 1. The predicted molar refractivity (Wildman–Crippen MR) is 85.7 cm³/mol. The van der Waals surface area contributed by atoms with Crippen molar-refractivity contribution in [2.24, 2.45) is 5.73 Å². The van der Waals surface area contributed by atoms with Crippen LogP contribution in [0.3, 0.4) is 0 Å². The number of β-lactam (4-membered cyclic amide) rings is 1. The molecule has 1 fully saturated rings. The van der Waals surface area contributed by atoms with Crippen molar-refractivity contribution in [3.8, 4) is 0 Å². The average molecular weight is 350 g/mol. The van der Waals surface area contributed by atoms with Gasteiger partial charge in [0.15, 0.2) is 0 Å². The zero-order valence-electron chi connectivity index (χ0n) is 12.6. The van der Waals surface area contributed by atoms with Crippen LogP contribution < -0.4 is 11.1 Å². The molecule has 2 aliphatic rings. The number of carbonyl (C=O) groups is 3. The Kier molecular flexibility index (Phi) is 4.29. The molecule has 0 bridgehead atoms. The first-order chi connectivity index (χ1) is 11.4. The Morgan fingerprint density at radius 1 is 1.33 bits per heavy atom. The van der Waals surface area contributed by atoms with Crippen LogP contribution in [0.5, 0.6) is 0 Å². The molecule has 1 saturated heterocycles. The molecule has 126 valence electrons. The summed E-state index contributed by atoms with van der Waals surface area (Å²) in [6.45, 7) is 0. The van der Waals surface area contributed by atoms with E-state index in [1.807, 2.05) is 6.07 Å². The fourth-order valence-electron chi connectivity index (χ4n) is 3.07. The number of carboxylic acids is 1. The molecule has 4 N–H and O–H groups in total. The van der Waals surface area contributed by atoms with Gasteiger partial charge in [-0.3, -0.25) is 14.5 Å². The Labute approximate surface area is 143 Å². The maximum Gasteiger partial charge on any atom is 0.353 e. The van der Waals surface area contributed by atoms with Gasteiger partial charge in [-0.2, -0.15) is 0 Å². The zero-order chi connectivity index (χ0) is 17.4. The summed E-state index contributed by atoms with van der Waals surface area (Å²) in [5.41, 5.74) is 6.35. The van der Waals surface area contributed by atoms with Gasteiger partial charge in [-0.1, -0.05) is 41.9 Å². The minimum absolute atomic E-state index is 0.151. The van der Waals surface area contributed by atoms with E-state index in [0.29, 0.717) is 18.4 Å². The summed E-state index contributed by atoms with van der Waals surface area (Å²) < 4.78 is 0. The van der Waals surface area contributed by atoms with E-state index in [2.05, 4.69) is 5.32 Å². The van der Waals surface area contributed by atoms with Crippen LogP contribution in [-0.2, 0) is 14.4 Å². The number of nitrogens with zero attached hydrogens (tertiary/aromatic N) is 1. The maximum atomic E-state index is 12.3. The molecule has 2 aliphatic heterocycles. The molecule has 0 aliphatic carbocycles. The first kappa shape index (κ1) is 16.5. The van der Waals surface area contributed by atoms with Gasteiger partial charge in [0.1, 0.15) is 17.8 Å². The Bertz CT molecular complexity index is 734. The zero-order valence-corrected chi connectivity index (χ0v) is 13.4. The van der Waals surface area contributed by atoms with Crippen LogP contribution in [0.4, 0.5) is 0 Å². The molecular formula is C16H16ClN3O4. The van der Waals surface area contributed by atoms with E-state index >= 15 is 0 Å². The van der Waals surface area contributed by atoms with E-state index in [1.165, 1.54) is 0 Å². The largest absolute Gasteiger partial charge is 0.477 e. The number of allylic oxidation sites excluding steroid dienone is 1. The third kappa shape index (κ3) is 2.65. The predicted octanol–water partition coefficient (Wildman–Crippen LogP) is 0.711.